The summed E-state index contributed by atoms with van der Waals surface area (Å²) >= 11 is 0. The molecular formula is C35H39FN6O9S2. The van der Waals surface area contributed by atoms with Gasteiger partial charge in [-0.05, 0) is 66.0 Å². The molecule has 0 bridgehead atoms. The number of rotatable bonds is 6. The standard InChI is InChI=1S/C33H31FN6O3.2CH4O3S/c34-26-13-21(18-4-5-18)12-20-8-11-40(32(42)29(20)26)28-3-1-2-23(25(28)15-41)30-24-14-27(36-31(24)38-33(35)37-30)19-6-9-39(10-7-19)22-16-43-17-22;2*1-5(2,3)4/h1-3,6,8,11-14,18,22,41H,4-5,7,9-10,15-17H2,(H3,35,36,37,38);2*1H3,(H,2,3,4). The first-order valence-electron chi connectivity index (χ1n) is 16.6. The topological polar surface area (TPSA) is 231 Å². The van der Waals surface area contributed by atoms with Crippen LogP contribution in [0, 0.1) is 5.82 Å². The van der Waals surface area contributed by atoms with Crippen molar-refractivity contribution in [3.05, 3.63) is 87.7 Å². The molecule has 0 spiro atoms. The molecule has 0 unspecified atom stereocenters. The lowest BCUT2D eigenvalue weighted by Crippen LogP contribution is -2.50. The summed E-state index contributed by atoms with van der Waals surface area (Å²) in [5.74, 6) is -0.0567. The van der Waals surface area contributed by atoms with Gasteiger partial charge in [0.15, 0.2) is 0 Å². The quantitative estimate of drug-likeness (QED) is 0.156. The van der Waals surface area contributed by atoms with E-state index in [4.69, 9.17) is 19.6 Å². The number of nitrogen functional groups attached to an aromatic ring is 1. The summed E-state index contributed by atoms with van der Waals surface area (Å²) in [6, 6.07) is 13.1. The van der Waals surface area contributed by atoms with E-state index in [9.17, 15) is 26.7 Å². The molecule has 0 atom stereocenters. The van der Waals surface area contributed by atoms with E-state index in [2.05, 4.69) is 25.9 Å². The average molecular weight is 771 g/mol. The second kappa shape index (κ2) is 15.1. The number of hydrogen-bond acceptors (Lipinski definition) is 11. The molecule has 2 fully saturated rings. The van der Waals surface area contributed by atoms with Gasteiger partial charge in [0, 0.05) is 41.5 Å². The zero-order chi connectivity index (χ0) is 38.2. The zero-order valence-electron chi connectivity index (χ0n) is 28.9. The van der Waals surface area contributed by atoms with E-state index in [0.717, 1.165) is 62.2 Å². The van der Waals surface area contributed by atoms with Crippen LogP contribution in [-0.2, 0) is 31.6 Å². The number of nitrogens with two attached hydrogens (primary N) is 1. The van der Waals surface area contributed by atoms with E-state index >= 15 is 4.39 Å². The molecule has 1 saturated carbocycles. The maximum Gasteiger partial charge on any atom is 0.265 e. The van der Waals surface area contributed by atoms with Crippen molar-refractivity contribution < 1.29 is 40.2 Å². The van der Waals surface area contributed by atoms with Crippen LogP contribution < -0.4 is 11.3 Å². The third kappa shape index (κ3) is 9.15. The Bertz CT molecular complexity index is 2460. The molecule has 0 amide bonds. The molecule has 53 heavy (non-hydrogen) atoms. The van der Waals surface area contributed by atoms with E-state index in [-0.39, 0.29) is 17.9 Å². The summed E-state index contributed by atoms with van der Waals surface area (Å²) in [5.41, 5.74) is 11.5. The summed E-state index contributed by atoms with van der Waals surface area (Å²) in [6.07, 6.45) is 8.30. The number of hydrogen-bond donors (Lipinski definition) is 5. The van der Waals surface area contributed by atoms with Crippen molar-refractivity contribution in [2.75, 3.05) is 44.5 Å². The molecule has 15 nitrogen and oxygen atoms in total. The molecule has 2 aromatic carbocycles. The maximum absolute atomic E-state index is 15.3. The van der Waals surface area contributed by atoms with Gasteiger partial charge < -0.3 is 20.6 Å². The summed E-state index contributed by atoms with van der Waals surface area (Å²) < 4.78 is 73.8. The number of anilines is 1. The lowest BCUT2D eigenvalue weighted by molar-refractivity contribution is -0.0612. The summed E-state index contributed by atoms with van der Waals surface area (Å²) in [7, 11) is -7.33. The Kier molecular flexibility index (Phi) is 10.8. The summed E-state index contributed by atoms with van der Waals surface area (Å²) in [5, 5.41) is 12.0. The predicted octanol–water partition coefficient (Wildman–Crippen LogP) is 3.52. The molecule has 3 aliphatic rings. The zero-order valence-corrected chi connectivity index (χ0v) is 30.5. The number of fused-ring (bicyclic) bond motifs is 2. The number of pyridine rings is 1. The minimum absolute atomic E-state index is 0.0364. The smallest absolute Gasteiger partial charge is 0.265 e. The van der Waals surface area contributed by atoms with Crippen molar-refractivity contribution >= 4 is 53.6 Å². The number of benzene rings is 2. The van der Waals surface area contributed by atoms with Gasteiger partial charge in [-0.1, -0.05) is 24.3 Å². The lowest BCUT2D eigenvalue weighted by atomic mass is 9.99. The highest BCUT2D eigenvalue weighted by molar-refractivity contribution is 7.85. The number of nitrogens with zero attached hydrogens (tertiary/aromatic N) is 4. The molecule has 0 radical (unpaired) electrons. The van der Waals surface area contributed by atoms with Crippen LogP contribution >= 0.6 is 0 Å². The number of aromatic amines is 1. The van der Waals surface area contributed by atoms with E-state index < -0.39 is 31.6 Å². The van der Waals surface area contributed by atoms with Gasteiger partial charge in [0.25, 0.3) is 25.8 Å². The lowest BCUT2D eigenvalue weighted by Gasteiger charge is -2.38. The first kappa shape index (κ1) is 38.2. The van der Waals surface area contributed by atoms with Crippen LogP contribution in [0.3, 0.4) is 0 Å². The van der Waals surface area contributed by atoms with E-state index in [1.807, 2.05) is 18.2 Å². The third-order valence-corrected chi connectivity index (χ3v) is 9.08. The number of aliphatic hydroxyl groups excluding tert-OH is 1. The molecule has 1 saturated heterocycles. The Balaban J connectivity index is 0.000000428. The largest absolute Gasteiger partial charge is 0.392 e. The first-order chi connectivity index (χ1) is 25.0. The van der Waals surface area contributed by atoms with Crippen molar-refractivity contribution in [3.63, 3.8) is 0 Å². The maximum atomic E-state index is 15.3. The average Bonchev–Trinajstić information content (AvgIpc) is 3.81. The molecule has 8 rings (SSSR count). The van der Waals surface area contributed by atoms with Crippen LogP contribution in [0.4, 0.5) is 10.3 Å². The Hall–Kier alpha value is -4.56. The second-order valence-corrected chi connectivity index (χ2v) is 16.1. The van der Waals surface area contributed by atoms with Crippen molar-refractivity contribution in [2.45, 2.75) is 37.8 Å². The van der Waals surface area contributed by atoms with Crippen LogP contribution in [0.15, 0.2) is 59.5 Å². The van der Waals surface area contributed by atoms with Gasteiger partial charge in [0.2, 0.25) is 5.95 Å². The second-order valence-electron chi connectivity index (χ2n) is 13.2. The monoisotopic (exact) mass is 770 g/mol. The minimum Gasteiger partial charge on any atom is -0.392 e. The number of H-pyrrole nitrogens is 1. The highest BCUT2D eigenvalue weighted by Crippen LogP contribution is 2.41. The molecule has 2 aliphatic heterocycles. The molecule has 3 aromatic heterocycles. The van der Waals surface area contributed by atoms with Crippen LogP contribution in [0.1, 0.15) is 42.0 Å². The highest BCUT2D eigenvalue weighted by atomic mass is 32.2. The Morgan fingerprint density at radius 3 is 2.32 bits per heavy atom. The number of ether oxygens (including phenoxy) is 1. The Morgan fingerprint density at radius 1 is 1.04 bits per heavy atom. The van der Waals surface area contributed by atoms with Gasteiger partial charge in [-0.25, -0.2) is 9.37 Å². The minimum atomic E-state index is -3.67. The van der Waals surface area contributed by atoms with Crippen molar-refractivity contribution in [2.24, 2.45) is 0 Å². The van der Waals surface area contributed by atoms with Crippen molar-refractivity contribution in [1.29, 1.82) is 0 Å². The van der Waals surface area contributed by atoms with Crippen molar-refractivity contribution in [3.8, 4) is 16.9 Å². The molecule has 5 aromatic rings. The fourth-order valence-electron chi connectivity index (χ4n) is 6.48. The third-order valence-electron chi connectivity index (χ3n) is 9.08. The number of halogens is 1. The molecular weight excluding hydrogens is 732 g/mol. The highest BCUT2D eigenvalue weighted by Gasteiger charge is 2.28. The van der Waals surface area contributed by atoms with E-state index in [0.29, 0.717) is 58.0 Å². The summed E-state index contributed by atoms with van der Waals surface area (Å²) in [6.45, 7) is 3.03. The normalized spacial score (nSPS) is 16.7. The SMILES string of the molecule is CS(=O)(=O)O.CS(=O)(=O)O.Nc1nc(-c2cccc(-n3ccc4cc(C5CC5)cc(F)c4c3=O)c2CO)c2cc(C3=CCN(C4COC4)CC3)[nH]c2n1. The van der Waals surface area contributed by atoms with E-state index in [1.165, 1.54) is 16.2 Å². The molecule has 5 heterocycles. The molecule has 282 valence electrons. The number of nitrogens with one attached hydrogen (secondary N) is 1. The molecule has 6 N–H and O–H groups in total. The van der Waals surface area contributed by atoms with Crippen LogP contribution in [0.25, 0.3) is 44.3 Å². The van der Waals surface area contributed by atoms with Gasteiger partial charge >= 0.3 is 0 Å². The van der Waals surface area contributed by atoms with E-state index in [1.54, 1.807) is 24.4 Å². The predicted molar refractivity (Wildman–Crippen MR) is 198 cm³/mol. The molecule has 1 aliphatic carbocycles. The van der Waals surface area contributed by atoms with Gasteiger partial charge in [-0.2, -0.15) is 21.8 Å². The number of aromatic nitrogens is 4. The van der Waals surface area contributed by atoms with Gasteiger partial charge in [-0.3, -0.25) is 23.4 Å². The van der Waals surface area contributed by atoms with Crippen molar-refractivity contribution in [1.82, 2.24) is 24.4 Å². The van der Waals surface area contributed by atoms with Gasteiger partial charge in [0.1, 0.15) is 11.5 Å². The summed E-state index contributed by atoms with van der Waals surface area (Å²) in [4.78, 5) is 28.6. The fourth-order valence-corrected chi connectivity index (χ4v) is 6.48. The van der Waals surface area contributed by atoms with Gasteiger partial charge in [0.05, 0.1) is 55.1 Å². The van der Waals surface area contributed by atoms with Crippen LogP contribution in [0.2, 0.25) is 0 Å². The number of aliphatic hydroxyl groups is 1. The first-order valence-corrected chi connectivity index (χ1v) is 20.3. The molecule has 18 heteroatoms. The van der Waals surface area contributed by atoms with Gasteiger partial charge in [-0.15, -0.1) is 0 Å². The fraction of sp³-hybridized carbons (Fsp3) is 0.343. The Labute approximate surface area is 304 Å². The Morgan fingerprint density at radius 2 is 1.74 bits per heavy atom. The van der Waals surface area contributed by atoms with Crippen LogP contribution in [0.5, 0.6) is 0 Å². The van der Waals surface area contributed by atoms with Crippen LogP contribution in [-0.4, -0.2) is 100 Å².